The van der Waals surface area contributed by atoms with Gasteiger partial charge in [0.25, 0.3) is 0 Å². The molecule has 0 aliphatic carbocycles. The van der Waals surface area contributed by atoms with E-state index in [2.05, 4.69) is 20.3 Å². The molecule has 0 aromatic carbocycles. The van der Waals surface area contributed by atoms with Crippen LogP contribution in [0, 0.1) is 0 Å². The summed E-state index contributed by atoms with van der Waals surface area (Å²) in [5.41, 5.74) is 12.3. The van der Waals surface area contributed by atoms with Crippen molar-refractivity contribution in [2.75, 3.05) is 24.3 Å². The molecule has 1 amide bonds. The molecule has 1 saturated heterocycles. The average Bonchev–Trinajstić information content (AvgIpc) is 3.21. The Hall–Kier alpha value is -1.99. The predicted molar refractivity (Wildman–Crippen MR) is 99.6 cm³/mol. The molecule has 3 rings (SSSR count). The second-order valence-corrected chi connectivity index (χ2v) is 7.36. The van der Waals surface area contributed by atoms with Crippen LogP contribution in [-0.2, 0) is 9.53 Å². The number of hydrogen-bond acceptors (Lipinski definition) is 10. The second kappa shape index (κ2) is 8.35. The first kappa shape index (κ1) is 19.8. The van der Waals surface area contributed by atoms with Crippen LogP contribution >= 0.6 is 11.8 Å². The number of anilines is 1. The summed E-state index contributed by atoms with van der Waals surface area (Å²) in [6.45, 7) is 0. The highest BCUT2D eigenvalue weighted by Crippen LogP contribution is 2.33. The van der Waals surface area contributed by atoms with Gasteiger partial charge in [-0.15, -0.1) is 0 Å². The maximum absolute atomic E-state index is 11.4. The molecule has 0 bridgehead atoms. The molecule has 27 heavy (non-hydrogen) atoms. The Morgan fingerprint density at radius 2 is 2.19 bits per heavy atom. The van der Waals surface area contributed by atoms with Crippen molar-refractivity contribution < 1.29 is 19.7 Å². The van der Waals surface area contributed by atoms with Gasteiger partial charge in [0.1, 0.15) is 24.1 Å². The fourth-order valence-electron chi connectivity index (χ4n) is 2.88. The van der Waals surface area contributed by atoms with Crippen LogP contribution in [0.4, 0.5) is 5.82 Å². The van der Waals surface area contributed by atoms with Crippen LogP contribution in [-0.4, -0.2) is 78.5 Å². The number of nitrogens with two attached hydrogens (primary N) is 2. The summed E-state index contributed by atoms with van der Waals surface area (Å²) in [6.07, 6.45) is -0.364. The SMILES string of the molecule is CNC(=O)[C@@H](N)CCSC[C@H]1O[C@@H](n2cnc3c(N)ncnc32)[C@H](O)[C@@H]1O. The maximum atomic E-state index is 11.4. The number of fused-ring (bicyclic) bond motifs is 1. The van der Waals surface area contributed by atoms with Crippen molar-refractivity contribution >= 4 is 34.7 Å². The van der Waals surface area contributed by atoms with Crippen molar-refractivity contribution in [3.05, 3.63) is 12.7 Å². The third-order valence-corrected chi connectivity index (χ3v) is 5.53. The zero-order valence-electron chi connectivity index (χ0n) is 14.7. The minimum absolute atomic E-state index is 0.212. The van der Waals surface area contributed by atoms with Gasteiger partial charge in [0.2, 0.25) is 5.91 Å². The number of aliphatic hydroxyl groups is 2. The monoisotopic (exact) mass is 397 g/mol. The summed E-state index contributed by atoms with van der Waals surface area (Å²) < 4.78 is 7.38. The van der Waals surface area contributed by atoms with Crippen molar-refractivity contribution in [1.82, 2.24) is 24.8 Å². The quantitative estimate of drug-likeness (QED) is 0.336. The van der Waals surface area contributed by atoms with Crippen molar-refractivity contribution in [3.8, 4) is 0 Å². The molecule has 11 nitrogen and oxygen atoms in total. The zero-order chi connectivity index (χ0) is 19.6. The van der Waals surface area contributed by atoms with E-state index in [1.807, 2.05) is 0 Å². The standard InChI is InChI=1S/C15H23N7O4S/c1-18-14(25)7(16)2-3-27-4-8-10(23)11(24)15(26-8)22-6-21-9-12(17)19-5-20-13(9)22/h5-8,10-11,15,23-24H,2-4,16H2,1H3,(H,18,25)(H2,17,19,20)/t7-,8+,10+,11+,15+/m0/s1. The minimum Gasteiger partial charge on any atom is -0.387 e. The lowest BCUT2D eigenvalue weighted by molar-refractivity contribution is -0.121. The van der Waals surface area contributed by atoms with Gasteiger partial charge in [-0.25, -0.2) is 15.0 Å². The summed E-state index contributed by atoms with van der Waals surface area (Å²) in [6, 6.07) is -0.572. The number of ether oxygens (including phenoxy) is 1. The van der Waals surface area contributed by atoms with Crippen LogP contribution in [0.25, 0.3) is 11.2 Å². The van der Waals surface area contributed by atoms with E-state index in [0.29, 0.717) is 29.1 Å². The molecule has 1 aliphatic rings. The van der Waals surface area contributed by atoms with Gasteiger partial charge in [0, 0.05) is 12.8 Å². The van der Waals surface area contributed by atoms with E-state index in [0.717, 1.165) is 0 Å². The third kappa shape index (κ3) is 3.99. The summed E-state index contributed by atoms with van der Waals surface area (Å²) in [4.78, 5) is 23.5. The fraction of sp³-hybridized carbons (Fsp3) is 0.600. The zero-order valence-corrected chi connectivity index (χ0v) is 15.5. The van der Waals surface area contributed by atoms with Gasteiger partial charge in [0.15, 0.2) is 17.7 Å². The van der Waals surface area contributed by atoms with E-state index in [9.17, 15) is 15.0 Å². The second-order valence-electron chi connectivity index (χ2n) is 6.21. The minimum atomic E-state index is -1.14. The Morgan fingerprint density at radius 1 is 1.41 bits per heavy atom. The highest BCUT2D eigenvalue weighted by molar-refractivity contribution is 7.99. The van der Waals surface area contributed by atoms with E-state index >= 15 is 0 Å². The predicted octanol–water partition coefficient (Wildman–Crippen LogP) is -1.78. The van der Waals surface area contributed by atoms with Gasteiger partial charge < -0.3 is 31.7 Å². The largest absolute Gasteiger partial charge is 0.387 e. The average molecular weight is 397 g/mol. The molecule has 0 spiro atoms. The van der Waals surface area contributed by atoms with E-state index in [4.69, 9.17) is 16.2 Å². The Bertz CT molecular complexity index is 804. The lowest BCUT2D eigenvalue weighted by atomic mass is 10.1. The molecule has 2 aromatic heterocycles. The first-order chi connectivity index (χ1) is 12.9. The van der Waals surface area contributed by atoms with Crippen LogP contribution in [0.2, 0.25) is 0 Å². The smallest absolute Gasteiger partial charge is 0.236 e. The molecule has 0 unspecified atom stereocenters. The molecule has 7 N–H and O–H groups in total. The Labute approximate surface area is 159 Å². The Morgan fingerprint density at radius 3 is 2.93 bits per heavy atom. The summed E-state index contributed by atoms with van der Waals surface area (Å²) >= 11 is 1.49. The molecular formula is C15H23N7O4S. The van der Waals surface area contributed by atoms with E-state index in [-0.39, 0.29) is 11.7 Å². The lowest BCUT2D eigenvalue weighted by Gasteiger charge is -2.16. The topological polar surface area (TPSA) is 174 Å². The summed E-state index contributed by atoms with van der Waals surface area (Å²) in [5, 5.41) is 23.2. The van der Waals surface area contributed by atoms with Crippen molar-refractivity contribution in [3.63, 3.8) is 0 Å². The molecule has 3 heterocycles. The molecule has 0 radical (unpaired) electrons. The number of imidazole rings is 1. The van der Waals surface area contributed by atoms with E-state index < -0.39 is 30.6 Å². The van der Waals surface area contributed by atoms with Crippen LogP contribution in [0.1, 0.15) is 12.6 Å². The Balaban J connectivity index is 1.60. The van der Waals surface area contributed by atoms with E-state index in [1.54, 1.807) is 0 Å². The number of carbonyl (C=O) groups is 1. The number of nitrogens with one attached hydrogen (secondary N) is 1. The molecule has 1 fully saturated rings. The van der Waals surface area contributed by atoms with E-state index in [1.165, 1.54) is 36.0 Å². The normalized spacial score (nSPS) is 26.4. The van der Waals surface area contributed by atoms with Crippen LogP contribution in [0.15, 0.2) is 12.7 Å². The van der Waals surface area contributed by atoms with Gasteiger partial charge >= 0.3 is 0 Å². The van der Waals surface area contributed by atoms with Crippen molar-refractivity contribution in [1.29, 1.82) is 0 Å². The highest BCUT2D eigenvalue weighted by atomic mass is 32.2. The van der Waals surface area contributed by atoms with Crippen LogP contribution in [0.3, 0.4) is 0 Å². The highest BCUT2D eigenvalue weighted by Gasteiger charge is 2.44. The van der Waals surface area contributed by atoms with Gasteiger partial charge in [-0.1, -0.05) is 0 Å². The fourth-order valence-corrected chi connectivity index (χ4v) is 3.97. The number of thioether (sulfide) groups is 1. The molecule has 2 aromatic rings. The number of aromatic nitrogens is 4. The summed E-state index contributed by atoms with van der Waals surface area (Å²) in [7, 11) is 1.54. The van der Waals surface area contributed by atoms with Gasteiger partial charge in [-0.3, -0.25) is 9.36 Å². The van der Waals surface area contributed by atoms with Gasteiger partial charge in [-0.05, 0) is 12.2 Å². The number of nitrogens with zero attached hydrogens (tertiary/aromatic N) is 4. The first-order valence-corrected chi connectivity index (χ1v) is 9.59. The third-order valence-electron chi connectivity index (χ3n) is 4.44. The lowest BCUT2D eigenvalue weighted by Crippen LogP contribution is -2.39. The molecule has 1 aliphatic heterocycles. The van der Waals surface area contributed by atoms with Gasteiger partial charge in [-0.2, -0.15) is 11.8 Å². The number of rotatable bonds is 7. The molecule has 148 valence electrons. The van der Waals surface area contributed by atoms with Crippen molar-refractivity contribution in [2.45, 2.75) is 37.0 Å². The maximum Gasteiger partial charge on any atom is 0.236 e. The van der Waals surface area contributed by atoms with Crippen LogP contribution in [0.5, 0.6) is 0 Å². The number of carbonyl (C=O) groups excluding carboxylic acids is 1. The van der Waals surface area contributed by atoms with Gasteiger partial charge in [0.05, 0.1) is 18.5 Å². The van der Waals surface area contributed by atoms with Crippen LogP contribution < -0.4 is 16.8 Å². The number of aliphatic hydroxyl groups excluding tert-OH is 2. The first-order valence-electron chi connectivity index (χ1n) is 8.43. The number of amides is 1. The molecular weight excluding hydrogens is 374 g/mol. The number of likely N-dealkylation sites (N-methyl/N-ethyl adjacent to an activating group) is 1. The molecule has 0 saturated carbocycles. The Kier molecular flexibility index (Phi) is 6.11. The number of nitrogen functional groups attached to an aromatic ring is 1. The van der Waals surface area contributed by atoms with Crippen molar-refractivity contribution in [2.24, 2.45) is 5.73 Å². The molecule has 12 heteroatoms. The number of hydrogen-bond donors (Lipinski definition) is 5. The molecule has 5 atom stereocenters. The summed E-state index contributed by atoms with van der Waals surface area (Å²) in [5.74, 6) is 1.08.